The standard InChI is InChI=1S/C14H25NO5/c1-5-6-20-9-12(16)8-15-11(3)13(17)7-10(2)14(18)19-4/h5,10-12,15-16H,1,6-9H2,2-4H3. The van der Waals surface area contributed by atoms with Gasteiger partial charge in [0.15, 0.2) is 0 Å². The average molecular weight is 287 g/mol. The van der Waals surface area contributed by atoms with Crippen LogP contribution >= 0.6 is 0 Å². The summed E-state index contributed by atoms with van der Waals surface area (Å²) in [5.74, 6) is -0.955. The van der Waals surface area contributed by atoms with Crippen LogP contribution in [-0.2, 0) is 19.1 Å². The third-order valence-electron chi connectivity index (χ3n) is 2.80. The molecule has 20 heavy (non-hydrogen) atoms. The van der Waals surface area contributed by atoms with Gasteiger partial charge in [0.05, 0.1) is 38.4 Å². The highest BCUT2D eigenvalue weighted by molar-refractivity contribution is 5.87. The van der Waals surface area contributed by atoms with Crippen molar-refractivity contribution in [3.8, 4) is 0 Å². The molecule has 0 saturated heterocycles. The summed E-state index contributed by atoms with van der Waals surface area (Å²) in [5.41, 5.74) is 0. The molecule has 0 aliphatic carbocycles. The highest BCUT2D eigenvalue weighted by atomic mass is 16.5. The Bertz CT molecular complexity index is 319. The summed E-state index contributed by atoms with van der Waals surface area (Å²) < 4.78 is 9.66. The first-order valence-electron chi connectivity index (χ1n) is 6.63. The smallest absolute Gasteiger partial charge is 0.308 e. The normalized spacial score (nSPS) is 15.2. The molecule has 6 nitrogen and oxygen atoms in total. The molecule has 0 spiro atoms. The van der Waals surface area contributed by atoms with Crippen LogP contribution in [0.4, 0.5) is 0 Å². The van der Waals surface area contributed by atoms with Crippen LogP contribution in [0.1, 0.15) is 20.3 Å². The van der Waals surface area contributed by atoms with E-state index in [0.717, 1.165) is 0 Å². The fraction of sp³-hybridized carbons (Fsp3) is 0.714. The first-order chi connectivity index (χ1) is 9.42. The maximum Gasteiger partial charge on any atom is 0.308 e. The predicted molar refractivity (Wildman–Crippen MR) is 75.3 cm³/mol. The zero-order chi connectivity index (χ0) is 15.5. The Morgan fingerprint density at radius 2 is 2.05 bits per heavy atom. The number of hydrogen-bond donors (Lipinski definition) is 2. The number of nitrogens with one attached hydrogen (secondary N) is 1. The zero-order valence-corrected chi connectivity index (χ0v) is 12.4. The molecular formula is C14H25NO5. The molecule has 6 heteroatoms. The summed E-state index contributed by atoms with van der Waals surface area (Å²) in [6, 6.07) is -0.434. The molecule has 3 unspecified atom stereocenters. The van der Waals surface area contributed by atoms with Gasteiger partial charge in [-0.15, -0.1) is 6.58 Å². The lowest BCUT2D eigenvalue weighted by Crippen LogP contribution is -2.41. The van der Waals surface area contributed by atoms with E-state index in [1.807, 2.05) is 0 Å². The third kappa shape index (κ3) is 8.04. The topological polar surface area (TPSA) is 84.9 Å². The summed E-state index contributed by atoms with van der Waals surface area (Å²) in [4.78, 5) is 23.1. The van der Waals surface area contributed by atoms with Crippen molar-refractivity contribution in [1.82, 2.24) is 5.32 Å². The van der Waals surface area contributed by atoms with Crippen molar-refractivity contribution >= 4 is 11.8 Å². The van der Waals surface area contributed by atoms with Crippen molar-refractivity contribution < 1.29 is 24.2 Å². The van der Waals surface area contributed by atoms with Gasteiger partial charge < -0.3 is 19.9 Å². The first-order valence-corrected chi connectivity index (χ1v) is 6.63. The molecule has 0 aliphatic heterocycles. The summed E-state index contributed by atoms with van der Waals surface area (Å²) >= 11 is 0. The molecule has 0 amide bonds. The van der Waals surface area contributed by atoms with Gasteiger partial charge in [-0.1, -0.05) is 13.0 Å². The van der Waals surface area contributed by atoms with Crippen molar-refractivity contribution in [3.63, 3.8) is 0 Å². The molecule has 3 atom stereocenters. The van der Waals surface area contributed by atoms with Crippen LogP contribution in [0.5, 0.6) is 0 Å². The van der Waals surface area contributed by atoms with E-state index < -0.39 is 24.0 Å². The van der Waals surface area contributed by atoms with Gasteiger partial charge in [0, 0.05) is 13.0 Å². The molecule has 0 heterocycles. The lowest BCUT2D eigenvalue weighted by molar-refractivity contribution is -0.146. The van der Waals surface area contributed by atoms with E-state index in [0.29, 0.717) is 6.61 Å². The van der Waals surface area contributed by atoms with Crippen LogP contribution < -0.4 is 5.32 Å². The van der Waals surface area contributed by atoms with Gasteiger partial charge >= 0.3 is 5.97 Å². The Morgan fingerprint density at radius 3 is 2.60 bits per heavy atom. The Balaban J connectivity index is 3.95. The summed E-state index contributed by atoms with van der Waals surface area (Å²) in [7, 11) is 1.30. The number of ether oxygens (including phenoxy) is 2. The number of aliphatic hydroxyl groups excluding tert-OH is 1. The molecule has 0 aliphatic rings. The van der Waals surface area contributed by atoms with Crippen molar-refractivity contribution in [3.05, 3.63) is 12.7 Å². The Morgan fingerprint density at radius 1 is 1.40 bits per heavy atom. The molecule has 0 aromatic heterocycles. The lowest BCUT2D eigenvalue weighted by Gasteiger charge is -2.17. The number of carbonyl (C=O) groups excluding carboxylic acids is 2. The van der Waals surface area contributed by atoms with Crippen molar-refractivity contribution in [1.29, 1.82) is 0 Å². The Kier molecular flexibility index (Phi) is 9.88. The van der Waals surface area contributed by atoms with Gasteiger partial charge in [-0.2, -0.15) is 0 Å². The fourth-order valence-corrected chi connectivity index (χ4v) is 1.54. The van der Waals surface area contributed by atoms with Crippen LogP contribution in [0, 0.1) is 5.92 Å². The number of methoxy groups -OCH3 is 1. The molecule has 0 aromatic carbocycles. The summed E-state index contributed by atoms with van der Waals surface area (Å²) in [6.07, 6.45) is 1.02. The van der Waals surface area contributed by atoms with Crippen molar-refractivity contribution in [2.75, 3.05) is 26.9 Å². The number of rotatable bonds is 11. The van der Waals surface area contributed by atoms with Gasteiger partial charge in [0.2, 0.25) is 0 Å². The van der Waals surface area contributed by atoms with E-state index >= 15 is 0 Å². The van der Waals surface area contributed by atoms with Gasteiger partial charge in [0.1, 0.15) is 5.78 Å². The van der Waals surface area contributed by atoms with Gasteiger partial charge in [0.25, 0.3) is 0 Å². The van der Waals surface area contributed by atoms with Crippen molar-refractivity contribution in [2.45, 2.75) is 32.4 Å². The molecule has 2 N–H and O–H groups in total. The molecule has 0 radical (unpaired) electrons. The molecule has 0 aromatic rings. The van der Waals surface area contributed by atoms with E-state index in [2.05, 4.69) is 16.6 Å². The average Bonchev–Trinajstić information content (AvgIpc) is 2.43. The van der Waals surface area contributed by atoms with Crippen LogP contribution in [0.2, 0.25) is 0 Å². The number of aliphatic hydroxyl groups is 1. The SMILES string of the molecule is C=CCOCC(O)CNC(C)C(=O)CC(C)C(=O)OC. The predicted octanol–water partition coefficient (Wildman–Crippen LogP) is 0.296. The number of Topliss-reactive ketones (excluding diaryl/α,β-unsaturated/α-hetero) is 1. The van der Waals surface area contributed by atoms with Crippen LogP contribution in [-0.4, -0.2) is 55.9 Å². The van der Waals surface area contributed by atoms with Crippen LogP contribution in [0.25, 0.3) is 0 Å². The molecule has 0 rings (SSSR count). The summed E-state index contributed by atoms with van der Waals surface area (Å²) in [6.45, 7) is 7.65. The lowest BCUT2D eigenvalue weighted by atomic mass is 10.0. The minimum atomic E-state index is -0.691. The second-order valence-corrected chi connectivity index (χ2v) is 4.70. The Labute approximate surface area is 120 Å². The summed E-state index contributed by atoms with van der Waals surface area (Å²) in [5, 5.41) is 12.5. The van der Waals surface area contributed by atoms with Gasteiger partial charge in [-0.3, -0.25) is 9.59 Å². The van der Waals surface area contributed by atoms with Gasteiger partial charge in [-0.25, -0.2) is 0 Å². The number of hydrogen-bond acceptors (Lipinski definition) is 6. The van der Waals surface area contributed by atoms with E-state index in [4.69, 9.17) is 4.74 Å². The van der Waals surface area contributed by atoms with Crippen LogP contribution in [0.3, 0.4) is 0 Å². The minimum absolute atomic E-state index is 0.0953. The minimum Gasteiger partial charge on any atom is -0.469 e. The first kappa shape index (κ1) is 18.8. The van der Waals surface area contributed by atoms with E-state index in [1.165, 1.54) is 7.11 Å². The second kappa shape index (κ2) is 10.5. The van der Waals surface area contributed by atoms with E-state index in [9.17, 15) is 14.7 Å². The zero-order valence-electron chi connectivity index (χ0n) is 12.4. The molecule has 0 saturated carbocycles. The maximum absolute atomic E-state index is 11.9. The molecule has 0 bridgehead atoms. The second-order valence-electron chi connectivity index (χ2n) is 4.70. The van der Waals surface area contributed by atoms with Crippen molar-refractivity contribution in [2.24, 2.45) is 5.92 Å². The fourth-order valence-electron chi connectivity index (χ4n) is 1.54. The quantitative estimate of drug-likeness (QED) is 0.323. The monoisotopic (exact) mass is 287 g/mol. The maximum atomic E-state index is 11.9. The number of esters is 1. The van der Waals surface area contributed by atoms with E-state index in [1.54, 1.807) is 19.9 Å². The highest BCUT2D eigenvalue weighted by Gasteiger charge is 2.21. The molecular weight excluding hydrogens is 262 g/mol. The van der Waals surface area contributed by atoms with E-state index in [-0.39, 0.29) is 25.4 Å². The third-order valence-corrected chi connectivity index (χ3v) is 2.80. The van der Waals surface area contributed by atoms with Gasteiger partial charge in [-0.05, 0) is 6.92 Å². The van der Waals surface area contributed by atoms with Crippen LogP contribution in [0.15, 0.2) is 12.7 Å². The largest absolute Gasteiger partial charge is 0.469 e. The highest BCUT2D eigenvalue weighted by Crippen LogP contribution is 2.06. The molecule has 116 valence electrons. The molecule has 0 fully saturated rings. The number of ketones is 1. The number of carbonyl (C=O) groups is 2. The Hall–Kier alpha value is -1.24.